The summed E-state index contributed by atoms with van der Waals surface area (Å²) in [6, 6.07) is 0. The van der Waals surface area contributed by atoms with Crippen LogP contribution >= 0.6 is 11.3 Å². The van der Waals surface area contributed by atoms with E-state index in [9.17, 15) is 9.59 Å². The van der Waals surface area contributed by atoms with Crippen LogP contribution in [0.4, 0.5) is 0 Å². The van der Waals surface area contributed by atoms with Crippen LogP contribution in [0, 0.1) is 0 Å². The Hall–Kier alpha value is -1.69. The molecular formula is C14H18N2O3S. The normalized spacial score (nSPS) is 10.9. The van der Waals surface area contributed by atoms with Crippen LogP contribution in [0.1, 0.15) is 43.5 Å². The molecule has 2 rings (SSSR count). The molecule has 0 fully saturated rings. The summed E-state index contributed by atoms with van der Waals surface area (Å²) in [4.78, 5) is 29.1. The quantitative estimate of drug-likeness (QED) is 0.607. The summed E-state index contributed by atoms with van der Waals surface area (Å²) in [5.41, 5.74) is 0.171. The van der Waals surface area contributed by atoms with Crippen LogP contribution in [0.15, 0.2) is 16.5 Å². The predicted octanol–water partition coefficient (Wildman–Crippen LogP) is 2.82. The maximum absolute atomic E-state index is 12.4. The van der Waals surface area contributed by atoms with Crippen LogP contribution < -0.4 is 5.56 Å². The Balaban J connectivity index is 2.40. The molecular weight excluding hydrogens is 276 g/mol. The number of unbranched alkanes of at least 4 members (excludes halogenated alkanes) is 2. The maximum atomic E-state index is 12.4. The molecule has 0 saturated heterocycles. The molecule has 0 aliphatic rings. The van der Waals surface area contributed by atoms with E-state index in [-0.39, 0.29) is 5.56 Å². The van der Waals surface area contributed by atoms with Gasteiger partial charge in [-0.25, -0.2) is 9.78 Å². The van der Waals surface area contributed by atoms with Gasteiger partial charge in [0.05, 0.1) is 23.9 Å². The van der Waals surface area contributed by atoms with Gasteiger partial charge in [0, 0.05) is 11.9 Å². The number of hydrogen-bond donors (Lipinski definition) is 0. The summed E-state index contributed by atoms with van der Waals surface area (Å²) in [7, 11) is 0. The van der Waals surface area contributed by atoms with Crippen LogP contribution in [0.25, 0.3) is 10.2 Å². The fraction of sp³-hybridized carbons (Fsp3) is 0.500. The number of thiophene rings is 1. The van der Waals surface area contributed by atoms with Crippen molar-refractivity contribution in [3.8, 4) is 0 Å². The Bertz CT molecular complexity index is 660. The molecule has 2 aromatic heterocycles. The molecule has 5 nitrogen and oxygen atoms in total. The van der Waals surface area contributed by atoms with Gasteiger partial charge in [0.2, 0.25) is 0 Å². The molecule has 0 amide bonds. The number of carbonyl (C=O) groups is 1. The third-order valence-corrected chi connectivity index (χ3v) is 3.94. The molecule has 0 aromatic carbocycles. The van der Waals surface area contributed by atoms with Crippen LogP contribution in [-0.2, 0) is 11.3 Å². The average Bonchev–Trinajstić information content (AvgIpc) is 2.86. The first-order valence-electron chi connectivity index (χ1n) is 6.82. The van der Waals surface area contributed by atoms with Crippen molar-refractivity contribution in [1.29, 1.82) is 0 Å². The molecule has 0 atom stereocenters. The second kappa shape index (κ2) is 6.65. The van der Waals surface area contributed by atoms with Crippen molar-refractivity contribution in [3.63, 3.8) is 0 Å². The zero-order chi connectivity index (χ0) is 14.5. The van der Waals surface area contributed by atoms with Gasteiger partial charge in [-0.05, 0) is 13.3 Å². The lowest BCUT2D eigenvalue weighted by Crippen LogP contribution is -2.21. The van der Waals surface area contributed by atoms with Crippen molar-refractivity contribution in [3.05, 3.63) is 27.6 Å². The summed E-state index contributed by atoms with van der Waals surface area (Å²) in [6.45, 7) is 4.78. The van der Waals surface area contributed by atoms with E-state index in [0.717, 1.165) is 19.3 Å². The van der Waals surface area contributed by atoms with E-state index in [1.54, 1.807) is 23.2 Å². The van der Waals surface area contributed by atoms with Crippen LogP contribution in [-0.4, -0.2) is 22.1 Å². The molecule has 20 heavy (non-hydrogen) atoms. The standard InChI is InChI=1S/C14H18N2O3S/c1-3-5-6-7-16-9-15-12-11(13(16)17)10(8-20-12)14(18)19-4-2/h8-9H,3-7H2,1-2H3. The summed E-state index contributed by atoms with van der Waals surface area (Å²) in [6.07, 6.45) is 4.66. The van der Waals surface area contributed by atoms with Crippen molar-refractivity contribution in [1.82, 2.24) is 9.55 Å². The Labute approximate surface area is 121 Å². The van der Waals surface area contributed by atoms with Crippen molar-refractivity contribution in [2.45, 2.75) is 39.7 Å². The Kier molecular flexibility index (Phi) is 4.89. The van der Waals surface area contributed by atoms with Gasteiger partial charge in [-0.15, -0.1) is 11.3 Å². The van der Waals surface area contributed by atoms with Crippen molar-refractivity contribution < 1.29 is 9.53 Å². The molecule has 0 unspecified atom stereocenters. The number of aromatic nitrogens is 2. The second-order valence-electron chi connectivity index (χ2n) is 4.50. The van der Waals surface area contributed by atoms with Gasteiger partial charge in [-0.1, -0.05) is 19.8 Å². The Morgan fingerprint density at radius 1 is 1.40 bits per heavy atom. The Morgan fingerprint density at radius 3 is 2.90 bits per heavy atom. The largest absolute Gasteiger partial charge is 0.462 e. The van der Waals surface area contributed by atoms with Gasteiger partial charge in [0.15, 0.2) is 0 Å². The smallest absolute Gasteiger partial charge is 0.339 e. The van der Waals surface area contributed by atoms with E-state index in [1.807, 2.05) is 0 Å². The number of hydrogen-bond acceptors (Lipinski definition) is 5. The molecule has 0 aliphatic heterocycles. The number of aryl methyl sites for hydroxylation is 1. The van der Waals surface area contributed by atoms with Crippen LogP contribution in [0.2, 0.25) is 0 Å². The molecule has 0 radical (unpaired) electrons. The van der Waals surface area contributed by atoms with E-state index >= 15 is 0 Å². The number of carbonyl (C=O) groups excluding carboxylic acids is 1. The van der Waals surface area contributed by atoms with E-state index < -0.39 is 5.97 Å². The highest BCUT2D eigenvalue weighted by molar-refractivity contribution is 7.17. The van der Waals surface area contributed by atoms with E-state index in [0.29, 0.717) is 28.9 Å². The molecule has 0 aliphatic carbocycles. The second-order valence-corrected chi connectivity index (χ2v) is 5.36. The molecule has 0 N–H and O–H groups in total. The topological polar surface area (TPSA) is 61.2 Å². The highest BCUT2D eigenvalue weighted by atomic mass is 32.1. The molecule has 2 aromatic rings. The number of nitrogens with zero attached hydrogens (tertiary/aromatic N) is 2. The lowest BCUT2D eigenvalue weighted by Gasteiger charge is -2.05. The van der Waals surface area contributed by atoms with Gasteiger partial charge in [0.1, 0.15) is 4.83 Å². The monoisotopic (exact) mass is 294 g/mol. The van der Waals surface area contributed by atoms with Crippen LogP contribution in [0.5, 0.6) is 0 Å². The molecule has 0 bridgehead atoms. The van der Waals surface area contributed by atoms with Gasteiger partial charge in [-0.3, -0.25) is 9.36 Å². The van der Waals surface area contributed by atoms with E-state index in [4.69, 9.17) is 4.74 Å². The number of rotatable bonds is 6. The number of fused-ring (bicyclic) bond motifs is 1. The van der Waals surface area contributed by atoms with Gasteiger partial charge >= 0.3 is 5.97 Å². The zero-order valence-corrected chi connectivity index (χ0v) is 12.5. The predicted molar refractivity (Wildman–Crippen MR) is 79.4 cm³/mol. The molecule has 0 saturated carbocycles. The SMILES string of the molecule is CCCCCn1cnc2scc(C(=O)OCC)c2c1=O. The first-order valence-corrected chi connectivity index (χ1v) is 7.70. The number of ether oxygens (including phenoxy) is 1. The Morgan fingerprint density at radius 2 is 2.20 bits per heavy atom. The number of esters is 1. The third-order valence-electron chi connectivity index (χ3n) is 3.06. The maximum Gasteiger partial charge on any atom is 0.339 e. The minimum absolute atomic E-state index is 0.157. The van der Waals surface area contributed by atoms with Crippen molar-refractivity contribution >= 4 is 27.5 Å². The van der Waals surface area contributed by atoms with Gasteiger partial charge < -0.3 is 4.74 Å². The van der Waals surface area contributed by atoms with Gasteiger partial charge in [0.25, 0.3) is 5.56 Å². The summed E-state index contributed by atoms with van der Waals surface area (Å²) >= 11 is 1.29. The highest BCUT2D eigenvalue weighted by Crippen LogP contribution is 2.21. The van der Waals surface area contributed by atoms with Crippen LogP contribution in [0.3, 0.4) is 0 Å². The van der Waals surface area contributed by atoms with E-state index in [2.05, 4.69) is 11.9 Å². The van der Waals surface area contributed by atoms with E-state index in [1.165, 1.54) is 11.3 Å². The summed E-state index contributed by atoms with van der Waals surface area (Å²) in [5.74, 6) is -0.455. The fourth-order valence-electron chi connectivity index (χ4n) is 2.02. The molecule has 2 heterocycles. The average molecular weight is 294 g/mol. The first-order chi connectivity index (χ1) is 9.69. The first kappa shape index (κ1) is 14.7. The fourth-order valence-corrected chi connectivity index (χ4v) is 2.88. The zero-order valence-electron chi connectivity index (χ0n) is 11.7. The van der Waals surface area contributed by atoms with Crippen molar-refractivity contribution in [2.24, 2.45) is 0 Å². The van der Waals surface area contributed by atoms with Gasteiger partial charge in [-0.2, -0.15) is 0 Å². The summed E-state index contributed by atoms with van der Waals surface area (Å²) in [5, 5.41) is 2.03. The minimum Gasteiger partial charge on any atom is -0.462 e. The lowest BCUT2D eigenvalue weighted by molar-refractivity contribution is 0.0529. The summed E-state index contributed by atoms with van der Waals surface area (Å²) < 4.78 is 6.56. The minimum atomic E-state index is -0.455. The van der Waals surface area contributed by atoms with Crippen molar-refractivity contribution in [2.75, 3.05) is 6.61 Å². The highest BCUT2D eigenvalue weighted by Gasteiger charge is 2.18. The molecule has 6 heteroatoms. The lowest BCUT2D eigenvalue weighted by atomic mass is 10.2. The molecule has 0 spiro atoms. The third kappa shape index (κ3) is 2.90. The molecule has 108 valence electrons.